The van der Waals surface area contributed by atoms with E-state index >= 15 is 0 Å². The highest BCUT2D eigenvalue weighted by Crippen LogP contribution is 2.31. The number of rotatable bonds is 5. The second-order valence-electron chi connectivity index (χ2n) is 6.05. The van der Waals surface area contributed by atoms with Gasteiger partial charge in [-0.15, -0.1) is 0 Å². The summed E-state index contributed by atoms with van der Waals surface area (Å²) < 4.78 is 4.75. The van der Waals surface area contributed by atoms with Crippen molar-refractivity contribution in [2.45, 2.75) is 26.8 Å². The van der Waals surface area contributed by atoms with Gasteiger partial charge in [-0.25, -0.2) is 4.79 Å². The minimum Gasteiger partial charge on any atom is -0.872 e. The van der Waals surface area contributed by atoms with Crippen LogP contribution in [0, 0.1) is 24.0 Å². The molecule has 0 unspecified atom stereocenters. The molecule has 0 spiro atoms. The van der Waals surface area contributed by atoms with Crippen molar-refractivity contribution < 1.29 is 24.4 Å². The first-order chi connectivity index (χ1) is 12.7. The summed E-state index contributed by atoms with van der Waals surface area (Å²) >= 11 is 0. The van der Waals surface area contributed by atoms with Crippen LogP contribution in [-0.2, 0) is 9.53 Å². The monoisotopic (exact) mass is 371 g/mol. The average molecular weight is 371 g/mol. The highest BCUT2D eigenvalue weighted by atomic mass is 16.6. The summed E-state index contributed by atoms with van der Waals surface area (Å²) in [6.07, 6.45) is 0. The molecule has 0 saturated carbocycles. The number of non-ortho nitro benzene ring substituents is 1. The fraction of sp³-hybridized carbons (Fsp3) is 0.263. The lowest BCUT2D eigenvalue weighted by molar-refractivity contribution is -0.385. The molecular formula is C19H19N2O6-. The van der Waals surface area contributed by atoms with Crippen LogP contribution in [0.25, 0.3) is 0 Å². The number of esters is 1. The van der Waals surface area contributed by atoms with Gasteiger partial charge in [-0.2, -0.15) is 0 Å². The van der Waals surface area contributed by atoms with Crippen molar-refractivity contribution in [2.75, 3.05) is 12.0 Å². The topological polar surface area (TPSA) is 113 Å². The summed E-state index contributed by atoms with van der Waals surface area (Å²) in [6, 6.07) is 7.21. The first-order valence-corrected chi connectivity index (χ1v) is 8.12. The van der Waals surface area contributed by atoms with Crippen LogP contribution in [0.4, 0.5) is 11.4 Å². The van der Waals surface area contributed by atoms with E-state index in [4.69, 9.17) is 4.74 Å². The number of nitrogens with zero attached hydrogens (tertiary/aromatic N) is 2. The van der Waals surface area contributed by atoms with Crippen molar-refractivity contribution in [1.29, 1.82) is 0 Å². The number of carbonyl (C=O) groups excluding carboxylic acids is 2. The normalized spacial score (nSPS) is 11.6. The lowest BCUT2D eigenvalue weighted by atomic mass is 10.0. The number of aryl methyl sites for hydroxylation is 2. The highest BCUT2D eigenvalue weighted by Gasteiger charge is 2.31. The summed E-state index contributed by atoms with van der Waals surface area (Å²) in [5, 5.41) is 23.2. The number of methoxy groups -OCH3 is 1. The Bertz CT molecular complexity index is 889. The molecule has 0 aliphatic carbocycles. The zero-order valence-corrected chi connectivity index (χ0v) is 15.4. The maximum Gasteiger partial charge on any atom is 0.328 e. The van der Waals surface area contributed by atoms with Crippen LogP contribution in [0.3, 0.4) is 0 Å². The van der Waals surface area contributed by atoms with E-state index in [0.717, 1.165) is 23.1 Å². The number of amides is 1. The van der Waals surface area contributed by atoms with Gasteiger partial charge in [0.2, 0.25) is 0 Å². The zero-order chi connectivity index (χ0) is 20.3. The third-order valence-electron chi connectivity index (χ3n) is 4.23. The minimum absolute atomic E-state index is 0.384. The number of benzene rings is 2. The van der Waals surface area contributed by atoms with Gasteiger partial charge >= 0.3 is 5.97 Å². The van der Waals surface area contributed by atoms with Crippen LogP contribution in [0.1, 0.15) is 28.4 Å². The Morgan fingerprint density at radius 2 is 1.74 bits per heavy atom. The molecular weight excluding hydrogens is 352 g/mol. The third kappa shape index (κ3) is 3.89. The van der Waals surface area contributed by atoms with E-state index in [0.29, 0.717) is 16.8 Å². The molecule has 8 nitrogen and oxygen atoms in total. The zero-order valence-electron chi connectivity index (χ0n) is 15.4. The Morgan fingerprint density at radius 3 is 2.26 bits per heavy atom. The van der Waals surface area contributed by atoms with E-state index in [1.807, 2.05) is 0 Å². The lowest BCUT2D eigenvalue weighted by Crippen LogP contribution is -2.45. The first-order valence-electron chi connectivity index (χ1n) is 8.12. The van der Waals surface area contributed by atoms with E-state index in [9.17, 15) is 24.8 Å². The van der Waals surface area contributed by atoms with Crippen LogP contribution in [-0.4, -0.2) is 30.0 Å². The number of ether oxygens (including phenoxy) is 1. The Hall–Kier alpha value is -3.42. The van der Waals surface area contributed by atoms with Crippen molar-refractivity contribution in [3.05, 3.63) is 63.2 Å². The summed E-state index contributed by atoms with van der Waals surface area (Å²) in [7, 11) is 1.19. The van der Waals surface area contributed by atoms with E-state index in [-0.39, 0.29) is 11.3 Å². The molecule has 0 aliphatic heterocycles. The summed E-state index contributed by atoms with van der Waals surface area (Å²) in [5.41, 5.74) is 1.09. The molecule has 2 aromatic carbocycles. The van der Waals surface area contributed by atoms with E-state index in [1.165, 1.54) is 14.0 Å². The molecule has 0 fully saturated rings. The molecule has 142 valence electrons. The van der Waals surface area contributed by atoms with Gasteiger partial charge in [-0.05, 0) is 31.9 Å². The lowest BCUT2D eigenvalue weighted by Gasteiger charge is -2.31. The molecule has 0 heterocycles. The fourth-order valence-electron chi connectivity index (χ4n) is 2.86. The van der Waals surface area contributed by atoms with Crippen molar-refractivity contribution in [3.63, 3.8) is 0 Å². The van der Waals surface area contributed by atoms with E-state index in [1.54, 1.807) is 32.0 Å². The summed E-state index contributed by atoms with van der Waals surface area (Å²) in [4.78, 5) is 36.8. The molecule has 1 atom stereocenters. The molecule has 0 bridgehead atoms. The summed E-state index contributed by atoms with van der Waals surface area (Å²) in [5.74, 6) is -2.15. The first kappa shape index (κ1) is 19.9. The van der Waals surface area contributed by atoms with Crippen LogP contribution in [0.5, 0.6) is 5.75 Å². The van der Waals surface area contributed by atoms with E-state index in [2.05, 4.69) is 0 Å². The van der Waals surface area contributed by atoms with Gasteiger partial charge in [-0.3, -0.25) is 19.8 Å². The highest BCUT2D eigenvalue weighted by molar-refractivity contribution is 6.11. The molecule has 1 amide bonds. The van der Waals surface area contributed by atoms with Gasteiger partial charge in [0.05, 0.1) is 17.7 Å². The summed E-state index contributed by atoms with van der Waals surface area (Å²) in [6.45, 7) is 4.99. The quantitative estimate of drug-likeness (QED) is 0.453. The largest absolute Gasteiger partial charge is 0.872 e. The third-order valence-corrected chi connectivity index (χ3v) is 4.23. The van der Waals surface area contributed by atoms with Gasteiger partial charge in [0.1, 0.15) is 6.04 Å². The molecule has 27 heavy (non-hydrogen) atoms. The van der Waals surface area contributed by atoms with Crippen molar-refractivity contribution in [3.8, 4) is 5.75 Å². The molecule has 0 N–H and O–H groups in total. The van der Waals surface area contributed by atoms with Gasteiger partial charge in [0, 0.05) is 17.7 Å². The predicted octanol–water partition coefficient (Wildman–Crippen LogP) is 2.49. The number of para-hydroxylation sites is 1. The predicted molar refractivity (Wildman–Crippen MR) is 96.7 cm³/mol. The standard InChI is InChI=1S/C19H20N2O6/c1-11-6-5-7-12(2)17(11)20(13(3)19(24)27-4)18(23)15-10-14(21(25)26)8-9-16(15)22/h5-10,13,22H,1-4H3/p-1/t13-/m0/s1. The number of nitro benzene ring substituents is 1. The second kappa shape index (κ2) is 7.86. The van der Waals surface area contributed by atoms with Crippen LogP contribution in [0.15, 0.2) is 36.4 Å². The van der Waals surface area contributed by atoms with Crippen LogP contribution >= 0.6 is 0 Å². The Kier molecular flexibility index (Phi) is 5.79. The fourth-order valence-corrected chi connectivity index (χ4v) is 2.86. The molecule has 0 aliphatic rings. The van der Waals surface area contributed by atoms with Gasteiger partial charge < -0.3 is 9.84 Å². The minimum atomic E-state index is -1.04. The Morgan fingerprint density at radius 1 is 1.15 bits per heavy atom. The number of hydrogen-bond donors (Lipinski definition) is 0. The van der Waals surface area contributed by atoms with Gasteiger partial charge in [0.15, 0.2) is 0 Å². The average Bonchev–Trinajstić information content (AvgIpc) is 2.63. The number of anilines is 1. The van der Waals surface area contributed by atoms with E-state index < -0.39 is 28.6 Å². The van der Waals surface area contributed by atoms with Crippen molar-refractivity contribution in [1.82, 2.24) is 0 Å². The SMILES string of the molecule is COC(=O)[C@H](C)N(C(=O)c1cc([N+](=O)[O-])ccc1[O-])c1c(C)cccc1C. The maximum atomic E-state index is 13.2. The molecule has 0 saturated heterocycles. The molecule has 0 aromatic heterocycles. The number of nitro groups is 1. The Balaban J connectivity index is 2.68. The van der Waals surface area contributed by atoms with Crippen LogP contribution < -0.4 is 10.0 Å². The van der Waals surface area contributed by atoms with Crippen molar-refractivity contribution in [2.24, 2.45) is 0 Å². The smallest absolute Gasteiger partial charge is 0.328 e. The van der Waals surface area contributed by atoms with Crippen molar-refractivity contribution >= 4 is 23.3 Å². The molecule has 8 heteroatoms. The number of carbonyl (C=O) groups is 2. The molecule has 2 rings (SSSR count). The maximum absolute atomic E-state index is 13.2. The second-order valence-corrected chi connectivity index (χ2v) is 6.05. The molecule has 2 aromatic rings. The number of hydrogen-bond acceptors (Lipinski definition) is 6. The van der Waals surface area contributed by atoms with Gasteiger partial charge in [0.25, 0.3) is 11.6 Å². The van der Waals surface area contributed by atoms with Crippen LogP contribution in [0.2, 0.25) is 0 Å². The molecule has 0 radical (unpaired) electrons. The van der Waals surface area contributed by atoms with Gasteiger partial charge in [-0.1, -0.05) is 30.0 Å². The Labute approximate surface area is 156 Å².